The SMILES string of the molecule is CNc1c(-c2cccc3ccccc23)n[nH]c1C. The second-order valence-corrected chi connectivity index (χ2v) is 4.35. The van der Waals surface area contributed by atoms with E-state index < -0.39 is 0 Å². The summed E-state index contributed by atoms with van der Waals surface area (Å²) in [4.78, 5) is 0. The molecule has 1 aromatic heterocycles. The summed E-state index contributed by atoms with van der Waals surface area (Å²) in [5.41, 5.74) is 4.25. The lowest BCUT2D eigenvalue weighted by Gasteiger charge is -2.06. The molecular weight excluding hydrogens is 222 g/mol. The molecule has 2 aromatic carbocycles. The summed E-state index contributed by atoms with van der Waals surface area (Å²) < 4.78 is 0. The highest BCUT2D eigenvalue weighted by atomic mass is 15.1. The molecule has 3 rings (SSSR count). The lowest BCUT2D eigenvalue weighted by atomic mass is 10.0. The van der Waals surface area contributed by atoms with E-state index in [0.717, 1.165) is 22.6 Å². The average Bonchev–Trinajstić information content (AvgIpc) is 2.79. The molecule has 1 heterocycles. The van der Waals surface area contributed by atoms with E-state index in [1.165, 1.54) is 10.8 Å². The number of aryl methyl sites for hydroxylation is 1. The minimum atomic E-state index is 0.979. The highest BCUT2D eigenvalue weighted by Gasteiger charge is 2.12. The molecule has 2 N–H and O–H groups in total. The second-order valence-electron chi connectivity index (χ2n) is 4.35. The van der Waals surface area contributed by atoms with Crippen LogP contribution in [0.4, 0.5) is 5.69 Å². The van der Waals surface area contributed by atoms with E-state index in [1.807, 2.05) is 14.0 Å². The van der Waals surface area contributed by atoms with E-state index in [-0.39, 0.29) is 0 Å². The van der Waals surface area contributed by atoms with Crippen LogP contribution in [0.3, 0.4) is 0 Å². The standard InChI is InChI=1S/C15H15N3/c1-10-14(16-2)15(18-17-10)13-9-5-7-11-6-3-4-8-12(11)13/h3-9,16H,1-2H3,(H,17,18). The van der Waals surface area contributed by atoms with Gasteiger partial charge in [0.15, 0.2) is 0 Å². The van der Waals surface area contributed by atoms with Gasteiger partial charge >= 0.3 is 0 Å². The number of hydrogen-bond acceptors (Lipinski definition) is 2. The van der Waals surface area contributed by atoms with Crippen molar-refractivity contribution in [1.29, 1.82) is 0 Å². The Kier molecular flexibility index (Phi) is 2.52. The van der Waals surface area contributed by atoms with Gasteiger partial charge < -0.3 is 5.32 Å². The van der Waals surface area contributed by atoms with E-state index in [1.54, 1.807) is 0 Å². The molecule has 3 nitrogen and oxygen atoms in total. The molecule has 0 aliphatic rings. The van der Waals surface area contributed by atoms with E-state index in [4.69, 9.17) is 0 Å². The first-order valence-electron chi connectivity index (χ1n) is 6.02. The molecule has 0 aliphatic heterocycles. The largest absolute Gasteiger partial charge is 0.385 e. The van der Waals surface area contributed by atoms with E-state index in [0.29, 0.717) is 0 Å². The molecule has 0 bridgehead atoms. The number of aromatic nitrogens is 2. The van der Waals surface area contributed by atoms with Crippen LogP contribution in [0.25, 0.3) is 22.0 Å². The maximum Gasteiger partial charge on any atom is 0.116 e. The first-order valence-corrected chi connectivity index (χ1v) is 6.02. The predicted octanol–water partition coefficient (Wildman–Crippen LogP) is 3.58. The summed E-state index contributed by atoms with van der Waals surface area (Å²) in [5.74, 6) is 0. The minimum absolute atomic E-state index is 0.979. The molecule has 0 atom stereocenters. The Labute approximate surface area is 106 Å². The third kappa shape index (κ3) is 1.56. The van der Waals surface area contributed by atoms with Crippen LogP contribution in [0.2, 0.25) is 0 Å². The van der Waals surface area contributed by atoms with Crippen LogP contribution in [0, 0.1) is 6.92 Å². The molecule has 0 unspecified atom stereocenters. The zero-order valence-corrected chi connectivity index (χ0v) is 10.5. The van der Waals surface area contributed by atoms with Gasteiger partial charge in [-0.2, -0.15) is 5.10 Å². The first-order chi connectivity index (χ1) is 8.81. The molecule has 0 radical (unpaired) electrons. The molecule has 0 saturated carbocycles. The lowest BCUT2D eigenvalue weighted by molar-refractivity contribution is 1.05. The fourth-order valence-corrected chi connectivity index (χ4v) is 2.36. The van der Waals surface area contributed by atoms with Gasteiger partial charge in [0.05, 0.1) is 11.4 Å². The van der Waals surface area contributed by atoms with Crippen molar-refractivity contribution < 1.29 is 0 Å². The van der Waals surface area contributed by atoms with Crippen LogP contribution < -0.4 is 5.32 Å². The fraction of sp³-hybridized carbons (Fsp3) is 0.133. The molecule has 0 fully saturated rings. The maximum atomic E-state index is 4.42. The highest BCUT2D eigenvalue weighted by Crippen LogP contribution is 2.33. The Morgan fingerprint density at radius 3 is 2.67 bits per heavy atom. The van der Waals surface area contributed by atoms with Crippen molar-refractivity contribution in [2.45, 2.75) is 6.92 Å². The lowest BCUT2D eigenvalue weighted by Crippen LogP contribution is -1.91. The summed E-state index contributed by atoms with van der Waals surface area (Å²) in [6.07, 6.45) is 0. The van der Waals surface area contributed by atoms with Crippen molar-refractivity contribution >= 4 is 16.5 Å². The van der Waals surface area contributed by atoms with Crippen molar-refractivity contribution in [2.24, 2.45) is 0 Å². The Balaban J connectivity index is 2.31. The third-order valence-corrected chi connectivity index (χ3v) is 3.24. The summed E-state index contributed by atoms with van der Waals surface area (Å²) in [7, 11) is 1.92. The van der Waals surface area contributed by atoms with Gasteiger partial charge in [0, 0.05) is 12.6 Å². The average molecular weight is 237 g/mol. The zero-order chi connectivity index (χ0) is 12.5. The monoisotopic (exact) mass is 237 g/mol. The molecule has 90 valence electrons. The van der Waals surface area contributed by atoms with Crippen LogP contribution in [0.5, 0.6) is 0 Å². The van der Waals surface area contributed by atoms with Crippen molar-refractivity contribution in [2.75, 3.05) is 12.4 Å². The molecular formula is C15H15N3. The van der Waals surface area contributed by atoms with Crippen molar-refractivity contribution in [3.8, 4) is 11.3 Å². The van der Waals surface area contributed by atoms with Crippen LogP contribution in [-0.2, 0) is 0 Å². The summed E-state index contributed by atoms with van der Waals surface area (Å²) in [6, 6.07) is 14.7. The van der Waals surface area contributed by atoms with Gasteiger partial charge in [-0.05, 0) is 17.7 Å². The summed E-state index contributed by atoms with van der Waals surface area (Å²) in [6.45, 7) is 2.02. The number of aromatic amines is 1. The number of H-pyrrole nitrogens is 1. The van der Waals surface area contributed by atoms with Gasteiger partial charge in [-0.25, -0.2) is 0 Å². The Morgan fingerprint density at radius 1 is 1.06 bits per heavy atom. The number of benzene rings is 2. The van der Waals surface area contributed by atoms with Gasteiger partial charge in [0.25, 0.3) is 0 Å². The number of nitrogens with one attached hydrogen (secondary N) is 2. The summed E-state index contributed by atoms with van der Waals surface area (Å²) in [5, 5.41) is 13.1. The van der Waals surface area contributed by atoms with E-state index >= 15 is 0 Å². The quantitative estimate of drug-likeness (QED) is 0.715. The smallest absolute Gasteiger partial charge is 0.116 e. The number of fused-ring (bicyclic) bond motifs is 1. The zero-order valence-electron chi connectivity index (χ0n) is 10.5. The molecule has 0 spiro atoms. The van der Waals surface area contributed by atoms with Gasteiger partial charge in [-0.3, -0.25) is 5.10 Å². The number of rotatable bonds is 2. The van der Waals surface area contributed by atoms with E-state index in [2.05, 4.69) is 58.0 Å². The van der Waals surface area contributed by atoms with Crippen molar-refractivity contribution in [3.05, 3.63) is 48.2 Å². The Morgan fingerprint density at radius 2 is 1.83 bits per heavy atom. The van der Waals surface area contributed by atoms with Crippen LogP contribution in [0.15, 0.2) is 42.5 Å². The number of hydrogen-bond donors (Lipinski definition) is 2. The van der Waals surface area contributed by atoms with E-state index in [9.17, 15) is 0 Å². The highest BCUT2D eigenvalue weighted by molar-refractivity contribution is 5.98. The molecule has 3 aromatic rings. The predicted molar refractivity (Wildman–Crippen MR) is 75.8 cm³/mol. The van der Waals surface area contributed by atoms with Gasteiger partial charge in [0.2, 0.25) is 0 Å². The molecule has 0 amide bonds. The van der Waals surface area contributed by atoms with Gasteiger partial charge in [-0.15, -0.1) is 0 Å². The number of anilines is 1. The Bertz CT molecular complexity index is 693. The van der Waals surface area contributed by atoms with Gasteiger partial charge in [0.1, 0.15) is 5.69 Å². The third-order valence-electron chi connectivity index (χ3n) is 3.24. The Hall–Kier alpha value is -2.29. The topological polar surface area (TPSA) is 40.7 Å². The van der Waals surface area contributed by atoms with Crippen molar-refractivity contribution in [3.63, 3.8) is 0 Å². The van der Waals surface area contributed by atoms with Crippen LogP contribution in [-0.4, -0.2) is 17.2 Å². The molecule has 18 heavy (non-hydrogen) atoms. The maximum absolute atomic E-state index is 4.42. The number of nitrogens with zero attached hydrogens (tertiary/aromatic N) is 1. The molecule has 3 heteroatoms. The van der Waals surface area contributed by atoms with Crippen molar-refractivity contribution in [1.82, 2.24) is 10.2 Å². The summed E-state index contributed by atoms with van der Waals surface area (Å²) >= 11 is 0. The second kappa shape index (κ2) is 4.18. The fourth-order valence-electron chi connectivity index (χ4n) is 2.36. The molecule has 0 aliphatic carbocycles. The van der Waals surface area contributed by atoms with Crippen LogP contribution in [0.1, 0.15) is 5.69 Å². The van der Waals surface area contributed by atoms with Gasteiger partial charge in [-0.1, -0.05) is 42.5 Å². The van der Waals surface area contributed by atoms with Crippen LogP contribution >= 0.6 is 0 Å². The minimum Gasteiger partial charge on any atom is -0.385 e. The molecule has 0 saturated heterocycles. The normalized spacial score (nSPS) is 10.8. The first kappa shape index (κ1) is 10.8.